The number of carbonyl (C=O) groups is 1. The van der Waals surface area contributed by atoms with Gasteiger partial charge < -0.3 is 10.1 Å². The Labute approximate surface area is 183 Å². The fourth-order valence-electron chi connectivity index (χ4n) is 3.48. The van der Waals surface area contributed by atoms with Crippen molar-refractivity contribution in [1.29, 1.82) is 0 Å². The van der Waals surface area contributed by atoms with E-state index in [0.29, 0.717) is 17.9 Å². The Bertz CT molecular complexity index is 1210. The molecule has 3 aromatic heterocycles. The van der Waals surface area contributed by atoms with Gasteiger partial charge in [0.2, 0.25) is 5.91 Å². The minimum absolute atomic E-state index is 0.0734. The first-order valence-corrected chi connectivity index (χ1v) is 11.6. The van der Waals surface area contributed by atoms with E-state index in [1.165, 1.54) is 21.3 Å². The summed E-state index contributed by atoms with van der Waals surface area (Å²) in [6.45, 7) is 6.20. The van der Waals surface area contributed by atoms with Crippen molar-refractivity contribution >= 4 is 50.4 Å². The van der Waals surface area contributed by atoms with Crippen LogP contribution in [-0.2, 0) is 11.2 Å². The molecule has 8 heteroatoms. The number of thioether (sulfide) groups is 1. The van der Waals surface area contributed by atoms with E-state index in [2.05, 4.69) is 45.9 Å². The van der Waals surface area contributed by atoms with Crippen LogP contribution >= 0.6 is 23.1 Å². The molecule has 0 aliphatic carbocycles. The molecule has 6 nitrogen and oxygen atoms in total. The van der Waals surface area contributed by atoms with Gasteiger partial charge in [0.05, 0.1) is 33.8 Å². The van der Waals surface area contributed by atoms with Crippen LogP contribution in [0.15, 0.2) is 41.4 Å². The summed E-state index contributed by atoms with van der Waals surface area (Å²) in [4.78, 5) is 14.3. The van der Waals surface area contributed by atoms with E-state index in [0.717, 1.165) is 28.3 Å². The van der Waals surface area contributed by atoms with E-state index in [4.69, 9.17) is 4.74 Å². The molecule has 1 aromatic carbocycles. The maximum absolute atomic E-state index is 13.0. The van der Waals surface area contributed by atoms with Crippen molar-refractivity contribution in [3.05, 3.63) is 47.1 Å². The third-order valence-electron chi connectivity index (χ3n) is 4.94. The van der Waals surface area contributed by atoms with Crippen LogP contribution in [0.4, 0.5) is 5.69 Å². The lowest BCUT2D eigenvalue weighted by Gasteiger charge is -2.16. The van der Waals surface area contributed by atoms with Crippen LogP contribution < -0.4 is 10.1 Å². The van der Waals surface area contributed by atoms with Crippen LogP contribution in [0, 0.1) is 6.92 Å². The zero-order chi connectivity index (χ0) is 21.3. The average molecular weight is 441 g/mol. The summed E-state index contributed by atoms with van der Waals surface area (Å²) in [5.74, 6) is 1.49. The molecule has 3 heterocycles. The number of nitrogens with one attached hydrogen (secondary N) is 1. The molecule has 1 amide bonds. The van der Waals surface area contributed by atoms with Gasteiger partial charge in [-0.3, -0.25) is 9.20 Å². The highest BCUT2D eigenvalue weighted by Gasteiger charge is 2.23. The number of aromatic nitrogens is 3. The average Bonchev–Trinajstić information content (AvgIpc) is 3.28. The molecule has 0 aliphatic rings. The van der Waals surface area contributed by atoms with Gasteiger partial charge in [0, 0.05) is 11.3 Å². The topological polar surface area (TPSA) is 68.5 Å². The van der Waals surface area contributed by atoms with Crippen molar-refractivity contribution in [3.8, 4) is 5.75 Å². The first-order valence-electron chi connectivity index (χ1n) is 9.93. The number of hydrogen-bond acceptors (Lipinski definition) is 6. The second-order valence-electron chi connectivity index (χ2n) is 6.95. The number of amides is 1. The fraction of sp³-hybridized carbons (Fsp3) is 0.318. The quantitative estimate of drug-likeness (QED) is 0.393. The third-order valence-corrected chi connectivity index (χ3v) is 7.28. The second-order valence-corrected chi connectivity index (χ2v) is 9.43. The molecule has 0 bridgehead atoms. The summed E-state index contributed by atoms with van der Waals surface area (Å²) in [7, 11) is 1.60. The molecule has 1 unspecified atom stereocenters. The highest BCUT2D eigenvalue weighted by molar-refractivity contribution is 8.00. The largest absolute Gasteiger partial charge is 0.495 e. The minimum atomic E-state index is -0.296. The van der Waals surface area contributed by atoms with Gasteiger partial charge in [-0.05, 0) is 37.6 Å². The van der Waals surface area contributed by atoms with Crippen molar-refractivity contribution in [2.24, 2.45) is 0 Å². The van der Waals surface area contributed by atoms with Crippen LogP contribution in [0.5, 0.6) is 5.75 Å². The molecule has 1 N–H and O–H groups in total. The van der Waals surface area contributed by atoms with E-state index in [1.807, 2.05) is 31.2 Å². The monoisotopic (exact) mass is 440 g/mol. The number of thiophene rings is 1. The number of carbonyl (C=O) groups excluding carboxylic acids is 1. The summed E-state index contributed by atoms with van der Waals surface area (Å²) < 4.78 is 8.74. The predicted octanol–water partition coefficient (Wildman–Crippen LogP) is 5.33. The lowest BCUT2D eigenvalue weighted by Crippen LogP contribution is -2.25. The number of rotatable bonds is 7. The summed E-state index contributed by atoms with van der Waals surface area (Å²) in [6.07, 6.45) is 1.46. The highest BCUT2D eigenvalue weighted by Crippen LogP contribution is 2.35. The number of hydrogen-bond donors (Lipinski definition) is 1. The van der Waals surface area contributed by atoms with Gasteiger partial charge in [0.1, 0.15) is 16.6 Å². The molecule has 0 radical (unpaired) electrons. The second kappa shape index (κ2) is 8.65. The maximum Gasteiger partial charge on any atom is 0.238 e. The Hall–Kier alpha value is -2.58. The van der Waals surface area contributed by atoms with E-state index < -0.39 is 0 Å². The zero-order valence-electron chi connectivity index (χ0n) is 17.4. The molecule has 1 atom stereocenters. The number of aryl methyl sites for hydroxylation is 2. The predicted molar refractivity (Wildman–Crippen MR) is 124 cm³/mol. The van der Waals surface area contributed by atoms with Crippen molar-refractivity contribution in [2.75, 3.05) is 12.4 Å². The number of fused-ring (bicyclic) bond motifs is 3. The Kier molecular flexibility index (Phi) is 5.97. The first kappa shape index (κ1) is 20.7. The van der Waals surface area contributed by atoms with Gasteiger partial charge in [-0.15, -0.1) is 21.5 Å². The van der Waals surface area contributed by atoms with Crippen LogP contribution in [0.3, 0.4) is 0 Å². The van der Waals surface area contributed by atoms with Gasteiger partial charge >= 0.3 is 0 Å². The summed E-state index contributed by atoms with van der Waals surface area (Å²) in [6, 6.07) is 11.8. The van der Waals surface area contributed by atoms with Crippen molar-refractivity contribution in [2.45, 2.75) is 43.9 Å². The molecule has 156 valence electrons. The number of para-hydroxylation sites is 2. The van der Waals surface area contributed by atoms with Gasteiger partial charge in [-0.1, -0.05) is 37.7 Å². The maximum atomic E-state index is 13.0. The lowest BCUT2D eigenvalue weighted by atomic mass is 10.2. The lowest BCUT2D eigenvalue weighted by molar-refractivity contribution is -0.115. The van der Waals surface area contributed by atoms with E-state index in [1.54, 1.807) is 18.4 Å². The van der Waals surface area contributed by atoms with Crippen LogP contribution in [0.1, 0.15) is 31.0 Å². The first-order chi connectivity index (χ1) is 14.5. The summed E-state index contributed by atoms with van der Waals surface area (Å²) >= 11 is 3.22. The Morgan fingerprint density at radius 2 is 2.03 bits per heavy atom. The number of methoxy groups -OCH3 is 1. The molecule has 0 saturated carbocycles. The van der Waals surface area contributed by atoms with Gasteiger partial charge in [-0.2, -0.15) is 0 Å². The zero-order valence-corrected chi connectivity index (χ0v) is 19.1. The highest BCUT2D eigenvalue weighted by atomic mass is 32.2. The Morgan fingerprint density at radius 3 is 2.77 bits per heavy atom. The smallest absolute Gasteiger partial charge is 0.238 e. The van der Waals surface area contributed by atoms with Gasteiger partial charge in [0.15, 0.2) is 0 Å². The number of benzene rings is 1. The Balaban J connectivity index is 1.66. The van der Waals surface area contributed by atoms with E-state index >= 15 is 0 Å². The number of anilines is 1. The molecular weight excluding hydrogens is 416 g/mol. The van der Waals surface area contributed by atoms with Crippen molar-refractivity contribution < 1.29 is 9.53 Å². The Morgan fingerprint density at radius 1 is 1.23 bits per heavy atom. The van der Waals surface area contributed by atoms with Crippen molar-refractivity contribution in [3.63, 3.8) is 0 Å². The molecule has 30 heavy (non-hydrogen) atoms. The van der Waals surface area contributed by atoms with Crippen LogP contribution in [0.2, 0.25) is 0 Å². The molecule has 4 aromatic rings. The minimum Gasteiger partial charge on any atom is -0.495 e. The third kappa shape index (κ3) is 3.77. The SMILES string of the molecule is CCc1nnc(SC(CC)C(=O)Nc2ccccc2OC)c2cc3sc(C)cc3n12. The normalized spacial score (nSPS) is 12.4. The van der Waals surface area contributed by atoms with E-state index in [-0.39, 0.29) is 11.2 Å². The number of nitrogens with zero attached hydrogens (tertiary/aromatic N) is 3. The molecule has 0 aliphatic heterocycles. The molecule has 0 saturated heterocycles. The molecule has 4 rings (SSSR count). The van der Waals surface area contributed by atoms with E-state index in [9.17, 15) is 4.79 Å². The molecule has 0 spiro atoms. The summed E-state index contributed by atoms with van der Waals surface area (Å²) in [5.41, 5.74) is 2.84. The van der Waals surface area contributed by atoms with Gasteiger partial charge in [0.25, 0.3) is 0 Å². The van der Waals surface area contributed by atoms with Crippen LogP contribution in [-0.4, -0.2) is 32.9 Å². The van der Waals surface area contributed by atoms with Gasteiger partial charge in [-0.25, -0.2) is 0 Å². The van der Waals surface area contributed by atoms with Crippen LogP contribution in [0.25, 0.3) is 15.7 Å². The molecule has 0 fully saturated rings. The fourth-order valence-corrected chi connectivity index (χ4v) is 5.38. The standard InChI is InChI=1S/C22H24N4O2S2/c1-5-18(21(27)23-14-9-7-8-10-17(14)28-4)30-22-16-12-19-15(11-13(3)29-19)26(16)20(6-2)24-25-22/h7-12,18H,5-6H2,1-4H3,(H,23,27). The van der Waals surface area contributed by atoms with Crippen molar-refractivity contribution in [1.82, 2.24) is 14.6 Å². The molecular formula is C22H24N4O2S2. The number of ether oxygens (including phenoxy) is 1. The summed E-state index contributed by atoms with van der Waals surface area (Å²) in [5, 5.41) is 12.4.